The van der Waals surface area contributed by atoms with Crippen LogP contribution in [0, 0.1) is 0 Å². The molecular formula is C30H28BrN3O3. The van der Waals surface area contributed by atoms with E-state index in [0.29, 0.717) is 23.7 Å². The molecule has 1 aliphatic heterocycles. The number of carbonyl (C=O) groups excluding carboxylic acids is 1. The number of nitrogens with one attached hydrogen (secondary N) is 1. The highest BCUT2D eigenvalue weighted by atomic mass is 79.9. The highest BCUT2D eigenvalue weighted by Gasteiger charge is 2.14. The zero-order chi connectivity index (χ0) is 25.6. The Morgan fingerprint density at radius 3 is 2.51 bits per heavy atom. The minimum Gasteiger partial charge on any atom is -0.493 e. The average molecular weight is 558 g/mol. The SMILES string of the molecule is COc1cc(/C=N\NC(=O)c2ccc(N3CCCC3)cc2)cc(Br)c1OCc1ccc2ccccc2c1. The van der Waals surface area contributed by atoms with Gasteiger partial charge in [-0.2, -0.15) is 5.10 Å². The third-order valence-corrected chi connectivity index (χ3v) is 7.02. The molecule has 0 radical (unpaired) electrons. The molecule has 0 unspecified atom stereocenters. The first-order valence-corrected chi connectivity index (χ1v) is 13.1. The predicted octanol–water partition coefficient (Wildman–Crippen LogP) is 6.55. The van der Waals surface area contributed by atoms with Gasteiger partial charge in [0.15, 0.2) is 11.5 Å². The summed E-state index contributed by atoms with van der Waals surface area (Å²) in [5.41, 5.74) is 6.14. The summed E-state index contributed by atoms with van der Waals surface area (Å²) < 4.78 is 12.4. The van der Waals surface area contributed by atoms with E-state index in [2.05, 4.69) is 61.7 Å². The summed E-state index contributed by atoms with van der Waals surface area (Å²) in [6, 6.07) is 25.9. The Bertz CT molecular complexity index is 1430. The Morgan fingerprint density at radius 2 is 1.76 bits per heavy atom. The molecule has 0 spiro atoms. The van der Waals surface area contributed by atoms with Gasteiger partial charge in [0.1, 0.15) is 6.61 Å². The Hall–Kier alpha value is -3.84. The van der Waals surface area contributed by atoms with Crippen molar-refractivity contribution in [2.45, 2.75) is 19.4 Å². The molecule has 1 saturated heterocycles. The van der Waals surface area contributed by atoms with Crippen LogP contribution in [0.15, 0.2) is 88.4 Å². The van der Waals surface area contributed by atoms with Gasteiger partial charge in [-0.1, -0.05) is 36.4 Å². The quantitative estimate of drug-likeness (QED) is 0.197. The molecule has 0 saturated carbocycles. The first-order valence-electron chi connectivity index (χ1n) is 12.3. The Balaban J connectivity index is 1.22. The minimum atomic E-state index is -0.259. The van der Waals surface area contributed by atoms with Crippen LogP contribution in [0.25, 0.3) is 10.8 Å². The number of amides is 1. The van der Waals surface area contributed by atoms with E-state index in [9.17, 15) is 4.79 Å². The second-order valence-corrected chi connectivity index (χ2v) is 9.80. The normalized spacial score (nSPS) is 13.3. The fourth-order valence-corrected chi connectivity index (χ4v) is 5.04. The van der Waals surface area contributed by atoms with Gasteiger partial charge in [0.2, 0.25) is 0 Å². The number of benzene rings is 4. The molecule has 1 N–H and O–H groups in total. The lowest BCUT2D eigenvalue weighted by molar-refractivity contribution is 0.0955. The molecule has 5 rings (SSSR count). The molecule has 0 aliphatic carbocycles. The molecular weight excluding hydrogens is 530 g/mol. The van der Waals surface area contributed by atoms with Crippen LogP contribution >= 0.6 is 15.9 Å². The van der Waals surface area contributed by atoms with E-state index in [-0.39, 0.29) is 5.91 Å². The first kappa shape index (κ1) is 24.8. The smallest absolute Gasteiger partial charge is 0.271 e. The number of hydrogen-bond acceptors (Lipinski definition) is 5. The highest BCUT2D eigenvalue weighted by molar-refractivity contribution is 9.10. The summed E-state index contributed by atoms with van der Waals surface area (Å²) in [6.07, 6.45) is 4.02. The number of anilines is 1. The van der Waals surface area contributed by atoms with Gasteiger partial charge < -0.3 is 14.4 Å². The van der Waals surface area contributed by atoms with Crippen molar-refractivity contribution in [1.82, 2.24) is 5.43 Å². The number of ether oxygens (including phenoxy) is 2. The van der Waals surface area contributed by atoms with Crippen LogP contribution < -0.4 is 19.8 Å². The van der Waals surface area contributed by atoms with E-state index < -0.39 is 0 Å². The van der Waals surface area contributed by atoms with Gasteiger partial charge >= 0.3 is 0 Å². The molecule has 188 valence electrons. The molecule has 4 aromatic carbocycles. The molecule has 6 nitrogen and oxygen atoms in total. The van der Waals surface area contributed by atoms with Gasteiger partial charge in [0, 0.05) is 24.3 Å². The van der Waals surface area contributed by atoms with Crippen LogP contribution in [0.1, 0.15) is 34.3 Å². The summed E-state index contributed by atoms with van der Waals surface area (Å²) in [7, 11) is 1.60. The fraction of sp³-hybridized carbons (Fsp3) is 0.200. The maximum atomic E-state index is 12.5. The topological polar surface area (TPSA) is 63.2 Å². The largest absolute Gasteiger partial charge is 0.493 e. The number of rotatable bonds is 8. The van der Waals surface area contributed by atoms with Crippen LogP contribution in [-0.4, -0.2) is 32.3 Å². The molecule has 0 atom stereocenters. The van der Waals surface area contributed by atoms with Crippen LogP contribution in [0.4, 0.5) is 5.69 Å². The van der Waals surface area contributed by atoms with Gasteiger partial charge in [-0.15, -0.1) is 0 Å². The molecule has 0 bridgehead atoms. The highest BCUT2D eigenvalue weighted by Crippen LogP contribution is 2.37. The third kappa shape index (κ3) is 5.94. The zero-order valence-electron chi connectivity index (χ0n) is 20.6. The standard InChI is InChI=1S/C30H28BrN3O3/c1-36-28-18-22(19-32-33-30(35)24-10-12-26(13-11-24)34-14-4-5-15-34)17-27(31)29(28)37-20-21-8-9-23-6-2-3-7-25(23)16-21/h2-3,6-13,16-19H,4-5,14-15,20H2,1H3,(H,33,35)/b32-19-. The van der Waals surface area contributed by atoms with E-state index in [1.54, 1.807) is 13.3 Å². The van der Waals surface area contributed by atoms with Crippen molar-refractivity contribution in [2.75, 3.05) is 25.1 Å². The van der Waals surface area contributed by atoms with Gasteiger partial charge in [-0.3, -0.25) is 4.79 Å². The molecule has 0 aromatic heterocycles. The lowest BCUT2D eigenvalue weighted by Crippen LogP contribution is -2.19. The number of halogens is 1. The maximum Gasteiger partial charge on any atom is 0.271 e. The summed E-state index contributed by atoms with van der Waals surface area (Å²) in [5.74, 6) is 0.918. The Morgan fingerprint density at radius 1 is 1.00 bits per heavy atom. The molecule has 1 fully saturated rings. The van der Waals surface area contributed by atoms with Gasteiger partial charge in [0.25, 0.3) is 5.91 Å². The third-order valence-electron chi connectivity index (χ3n) is 6.43. The molecule has 1 heterocycles. The number of methoxy groups -OCH3 is 1. The van der Waals surface area contributed by atoms with Crippen molar-refractivity contribution in [2.24, 2.45) is 5.10 Å². The van der Waals surface area contributed by atoms with Crippen molar-refractivity contribution in [3.05, 3.63) is 100 Å². The van der Waals surface area contributed by atoms with Crippen molar-refractivity contribution < 1.29 is 14.3 Å². The van der Waals surface area contributed by atoms with Gasteiger partial charge in [0.05, 0.1) is 17.8 Å². The van der Waals surface area contributed by atoms with Crippen molar-refractivity contribution in [1.29, 1.82) is 0 Å². The number of carbonyl (C=O) groups is 1. The van der Waals surface area contributed by atoms with Crippen LogP contribution in [0.5, 0.6) is 11.5 Å². The Labute approximate surface area is 225 Å². The van der Waals surface area contributed by atoms with E-state index in [0.717, 1.165) is 34.4 Å². The van der Waals surface area contributed by atoms with E-state index in [1.807, 2.05) is 48.5 Å². The van der Waals surface area contributed by atoms with E-state index >= 15 is 0 Å². The average Bonchev–Trinajstić information content (AvgIpc) is 3.47. The summed E-state index contributed by atoms with van der Waals surface area (Å²) in [5, 5.41) is 6.50. The number of nitrogens with zero attached hydrogens (tertiary/aromatic N) is 2. The second kappa shape index (κ2) is 11.5. The molecule has 4 aromatic rings. The lowest BCUT2D eigenvalue weighted by Gasteiger charge is -2.17. The summed E-state index contributed by atoms with van der Waals surface area (Å²) in [4.78, 5) is 14.9. The van der Waals surface area contributed by atoms with Crippen LogP contribution in [0.2, 0.25) is 0 Å². The molecule has 37 heavy (non-hydrogen) atoms. The van der Waals surface area contributed by atoms with Gasteiger partial charge in [-0.25, -0.2) is 5.43 Å². The number of fused-ring (bicyclic) bond motifs is 1. The van der Waals surface area contributed by atoms with Crippen molar-refractivity contribution in [3.63, 3.8) is 0 Å². The van der Waals surface area contributed by atoms with E-state index in [4.69, 9.17) is 9.47 Å². The second-order valence-electron chi connectivity index (χ2n) is 8.94. The Kier molecular flexibility index (Phi) is 7.70. The van der Waals surface area contributed by atoms with Crippen LogP contribution in [0.3, 0.4) is 0 Å². The summed E-state index contributed by atoms with van der Waals surface area (Å²) >= 11 is 3.59. The number of hydrazone groups is 1. The lowest BCUT2D eigenvalue weighted by atomic mass is 10.1. The minimum absolute atomic E-state index is 0.259. The molecule has 1 amide bonds. The monoisotopic (exact) mass is 557 g/mol. The molecule has 1 aliphatic rings. The van der Waals surface area contributed by atoms with Crippen molar-refractivity contribution >= 4 is 44.5 Å². The fourth-order valence-electron chi connectivity index (χ4n) is 4.47. The summed E-state index contributed by atoms with van der Waals surface area (Å²) in [6.45, 7) is 2.55. The zero-order valence-corrected chi connectivity index (χ0v) is 22.2. The maximum absolute atomic E-state index is 12.5. The van der Waals surface area contributed by atoms with Gasteiger partial charge in [-0.05, 0) is 93.1 Å². The van der Waals surface area contributed by atoms with Crippen molar-refractivity contribution in [3.8, 4) is 11.5 Å². The number of hydrogen-bond donors (Lipinski definition) is 1. The predicted molar refractivity (Wildman–Crippen MR) is 152 cm³/mol. The first-order chi connectivity index (χ1) is 18.1. The molecule has 7 heteroatoms. The van der Waals surface area contributed by atoms with E-state index in [1.165, 1.54) is 23.6 Å². The van der Waals surface area contributed by atoms with Crippen LogP contribution in [-0.2, 0) is 6.61 Å².